The summed E-state index contributed by atoms with van der Waals surface area (Å²) in [5.41, 5.74) is 0.477. The van der Waals surface area contributed by atoms with Crippen molar-refractivity contribution in [1.29, 1.82) is 0 Å². The van der Waals surface area contributed by atoms with E-state index in [4.69, 9.17) is 16.3 Å². The summed E-state index contributed by atoms with van der Waals surface area (Å²) in [6.45, 7) is 0.192. The molecule has 0 unspecified atom stereocenters. The number of ether oxygens (including phenoxy) is 1. The van der Waals surface area contributed by atoms with E-state index in [0.29, 0.717) is 16.5 Å². The summed E-state index contributed by atoms with van der Waals surface area (Å²) in [6, 6.07) is 10.3. The van der Waals surface area contributed by atoms with E-state index in [1.165, 1.54) is 17.3 Å². The van der Waals surface area contributed by atoms with Crippen molar-refractivity contribution >= 4 is 29.7 Å². The Kier molecular flexibility index (Phi) is 5.29. The van der Waals surface area contributed by atoms with Crippen molar-refractivity contribution < 1.29 is 14.3 Å². The predicted octanol–water partition coefficient (Wildman–Crippen LogP) is 3.33. The van der Waals surface area contributed by atoms with Gasteiger partial charge in [-0.05, 0) is 18.2 Å². The Hall–Kier alpha value is -2.40. The zero-order valence-electron chi connectivity index (χ0n) is 11.1. The van der Waals surface area contributed by atoms with Crippen LogP contribution in [0.2, 0.25) is 5.02 Å². The van der Waals surface area contributed by atoms with E-state index in [9.17, 15) is 9.59 Å². The lowest BCUT2D eigenvalue weighted by atomic mass is 10.3. The molecule has 0 radical (unpaired) electrons. The molecule has 108 valence electrons. The first-order chi connectivity index (χ1) is 10.2. The maximum atomic E-state index is 12.2. The normalized spacial score (nSPS) is 9.95. The van der Waals surface area contributed by atoms with Crippen molar-refractivity contribution in [1.82, 2.24) is 4.98 Å². The van der Waals surface area contributed by atoms with Gasteiger partial charge in [-0.2, -0.15) is 0 Å². The molecule has 0 saturated carbocycles. The summed E-state index contributed by atoms with van der Waals surface area (Å²) in [7, 11) is 0. The summed E-state index contributed by atoms with van der Waals surface area (Å²) < 4.78 is 5.27. The Labute approximate surface area is 127 Å². The Morgan fingerprint density at radius 2 is 2.05 bits per heavy atom. The molecule has 6 heteroatoms. The number of aromatic nitrogens is 1. The summed E-state index contributed by atoms with van der Waals surface area (Å²) in [4.78, 5) is 28.1. The minimum atomic E-state index is -0.591. The van der Waals surface area contributed by atoms with Gasteiger partial charge < -0.3 is 9.53 Å². The molecule has 0 aliphatic rings. The van der Waals surface area contributed by atoms with Crippen LogP contribution in [0.15, 0.2) is 48.8 Å². The number of nitrogens with zero attached hydrogens (tertiary/aromatic N) is 2. The van der Waals surface area contributed by atoms with Crippen LogP contribution in [-0.2, 0) is 4.79 Å². The molecule has 5 nitrogen and oxygen atoms in total. The molecule has 0 N–H and O–H groups in total. The molecule has 0 aliphatic carbocycles. The largest absolute Gasteiger partial charge is 0.419 e. The van der Waals surface area contributed by atoms with Crippen LogP contribution in [0.25, 0.3) is 0 Å². The monoisotopic (exact) mass is 304 g/mol. The fourth-order valence-corrected chi connectivity index (χ4v) is 1.87. The van der Waals surface area contributed by atoms with Gasteiger partial charge >= 0.3 is 6.09 Å². The van der Waals surface area contributed by atoms with Crippen molar-refractivity contribution in [3.8, 4) is 5.75 Å². The maximum absolute atomic E-state index is 12.2. The molecule has 0 atom stereocenters. The number of hydrogen-bond acceptors (Lipinski definition) is 4. The van der Waals surface area contributed by atoms with Gasteiger partial charge in [0.05, 0.1) is 16.9 Å². The second kappa shape index (κ2) is 7.40. The third kappa shape index (κ3) is 4.29. The molecule has 0 bridgehead atoms. The molecular weight excluding hydrogens is 292 g/mol. The van der Waals surface area contributed by atoms with Crippen LogP contribution in [-0.4, -0.2) is 23.9 Å². The first-order valence-corrected chi connectivity index (χ1v) is 6.67. The Balaban J connectivity index is 2.19. The number of hydrogen-bond donors (Lipinski definition) is 0. The van der Waals surface area contributed by atoms with E-state index >= 15 is 0 Å². The molecule has 0 aliphatic heterocycles. The van der Waals surface area contributed by atoms with Gasteiger partial charge in [-0.25, -0.2) is 4.79 Å². The number of para-hydroxylation sites is 1. The predicted molar refractivity (Wildman–Crippen MR) is 79.7 cm³/mol. The van der Waals surface area contributed by atoms with E-state index in [0.717, 1.165) is 6.29 Å². The first-order valence-electron chi connectivity index (χ1n) is 6.29. The van der Waals surface area contributed by atoms with Gasteiger partial charge in [0.1, 0.15) is 12.0 Å². The first kappa shape index (κ1) is 15.0. The van der Waals surface area contributed by atoms with Gasteiger partial charge in [-0.3, -0.25) is 9.88 Å². The van der Waals surface area contributed by atoms with Crippen LogP contribution in [0.5, 0.6) is 5.75 Å². The number of carbonyl (C=O) groups excluding carboxylic acids is 2. The van der Waals surface area contributed by atoms with Crippen molar-refractivity contribution in [2.24, 2.45) is 0 Å². The van der Waals surface area contributed by atoms with Crippen molar-refractivity contribution in [3.05, 3.63) is 53.8 Å². The van der Waals surface area contributed by atoms with E-state index in [2.05, 4.69) is 4.98 Å². The standard InChI is InChI=1S/C15H13ClN2O3/c16-12-9-13(11-17-10-12)18(7-4-8-19)15(20)21-14-5-2-1-3-6-14/h1-3,5-6,8-11H,4,7H2. The Morgan fingerprint density at radius 3 is 2.71 bits per heavy atom. The molecule has 1 amide bonds. The highest BCUT2D eigenvalue weighted by Gasteiger charge is 2.18. The van der Waals surface area contributed by atoms with Gasteiger partial charge in [-0.15, -0.1) is 0 Å². The highest BCUT2D eigenvalue weighted by molar-refractivity contribution is 6.30. The number of benzene rings is 1. The SMILES string of the molecule is O=CCCN(C(=O)Oc1ccccc1)c1cncc(Cl)c1. The van der Waals surface area contributed by atoms with Crippen LogP contribution >= 0.6 is 11.6 Å². The number of amides is 1. The van der Waals surface area contributed by atoms with Gasteiger partial charge in [0, 0.05) is 19.2 Å². The lowest BCUT2D eigenvalue weighted by Crippen LogP contribution is -2.34. The minimum absolute atomic E-state index is 0.191. The van der Waals surface area contributed by atoms with Gasteiger partial charge in [0.25, 0.3) is 0 Å². The van der Waals surface area contributed by atoms with Crippen molar-refractivity contribution in [3.63, 3.8) is 0 Å². The van der Waals surface area contributed by atoms with E-state index < -0.39 is 6.09 Å². The number of anilines is 1. The van der Waals surface area contributed by atoms with E-state index in [1.807, 2.05) is 6.07 Å². The van der Waals surface area contributed by atoms with Crippen LogP contribution in [0.3, 0.4) is 0 Å². The van der Waals surface area contributed by atoms with Crippen LogP contribution in [0.1, 0.15) is 6.42 Å². The van der Waals surface area contributed by atoms with Crippen molar-refractivity contribution in [2.75, 3.05) is 11.4 Å². The third-order valence-electron chi connectivity index (χ3n) is 2.64. The fourth-order valence-electron chi connectivity index (χ4n) is 1.70. The fraction of sp³-hybridized carbons (Fsp3) is 0.133. The molecule has 2 rings (SSSR count). The minimum Gasteiger partial charge on any atom is -0.410 e. The smallest absolute Gasteiger partial charge is 0.410 e. The van der Waals surface area contributed by atoms with Crippen LogP contribution in [0, 0.1) is 0 Å². The highest BCUT2D eigenvalue weighted by Crippen LogP contribution is 2.20. The molecule has 21 heavy (non-hydrogen) atoms. The summed E-state index contributed by atoms with van der Waals surface area (Å²) in [5, 5.41) is 0.399. The maximum Gasteiger partial charge on any atom is 0.419 e. The quantitative estimate of drug-likeness (QED) is 0.795. The molecule has 0 fully saturated rings. The summed E-state index contributed by atoms with van der Waals surface area (Å²) >= 11 is 5.88. The van der Waals surface area contributed by atoms with Gasteiger partial charge in [0.2, 0.25) is 0 Å². The second-order valence-corrected chi connectivity index (χ2v) is 4.59. The van der Waals surface area contributed by atoms with Crippen LogP contribution in [0.4, 0.5) is 10.5 Å². The number of pyridine rings is 1. The lowest BCUT2D eigenvalue weighted by Gasteiger charge is -2.21. The van der Waals surface area contributed by atoms with Crippen molar-refractivity contribution in [2.45, 2.75) is 6.42 Å². The Bertz CT molecular complexity index is 619. The van der Waals surface area contributed by atoms with Crippen LogP contribution < -0.4 is 9.64 Å². The topological polar surface area (TPSA) is 59.5 Å². The highest BCUT2D eigenvalue weighted by atomic mass is 35.5. The molecule has 0 spiro atoms. The number of halogens is 1. The average molecular weight is 305 g/mol. The molecule has 1 aromatic carbocycles. The van der Waals surface area contributed by atoms with E-state index in [-0.39, 0.29) is 13.0 Å². The number of aldehydes is 1. The number of rotatable bonds is 5. The van der Waals surface area contributed by atoms with E-state index in [1.54, 1.807) is 30.3 Å². The number of carbonyl (C=O) groups is 2. The zero-order valence-corrected chi connectivity index (χ0v) is 11.9. The van der Waals surface area contributed by atoms with Gasteiger partial charge in [0.15, 0.2) is 0 Å². The summed E-state index contributed by atoms with van der Waals surface area (Å²) in [6.07, 6.45) is 3.29. The zero-order chi connectivity index (χ0) is 15.1. The molecule has 1 heterocycles. The molecule has 0 saturated heterocycles. The molecule has 2 aromatic rings. The third-order valence-corrected chi connectivity index (χ3v) is 2.85. The lowest BCUT2D eigenvalue weighted by molar-refractivity contribution is -0.107. The molecular formula is C15H13ClN2O3. The molecule has 1 aromatic heterocycles. The van der Waals surface area contributed by atoms with Gasteiger partial charge in [-0.1, -0.05) is 29.8 Å². The average Bonchev–Trinajstić information content (AvgIpc) is 2.49. The summed E-state index contributed by atoms with van der Waals surface area (Å²) in [5.74, 6) is 0.425. The Morgan fingerprint density at radius 1 is 1.29 bits per heavy atom. The second-order valence-electron chi connectivity index (χ2n) is 4.15.